The van der Waals surface area contributed by atoms with E-state index in [4.69, 9.17) is 4.98 Å². The SMILES string of the molecule is CCCc1nc(NC)c(C)c(N2CCCC(C)(C)CC2)n1. The first-order valence-electron chi connectivity index (χ1n) is 8.27. The quantitative estimate of drug-likeness (QED) is 0.916. The van der Waals surface area contributed by atoms with Crippen LogP contribution in [0, 0.1) is 12.3 Å². The third-order valence-electron chi connectivity index (χ3n) is 4.52. The highest BCUT2D eigenvalue weighted by molar-refractivity contribution is 5.58. The first-order valence-corrected chi connectivity index (χ1v) is 8.27. The molecule has 1 aromatic heterocycles. The van der Waals surface area contributed by atoms with Crippen molar-refractivity contribution in [2.24, 2.45) is 5.41 Å². The van der Waals surface area contributed by atoms with Gasteiger partial charge >= 0.3 is 0 Å². The number of nitrogens with one attached hydrogen (secondary N) is 1. The highest BCUT2D eigenvalue weighted by Crippen LogP contribution is 2.33. The topological polar surface area (TPSA) is 41.1 Å². The molecule has 21 heavy (non-hydrogen) atoms. The van der Waals surface area contributed by atoms with Gasteiger partial charge in [-0.1, -0.05) is 20.8 Å². The molecule has 4 nitrogen and oxygen atoms in total. The summed E-state index contributed by atoms with van der Waals surface area (Å²) in [5.74, 6) is 3.08. The molecule has 1 fully saturated rings. The molecule has 4 heteroatoms. The van der Waals surface area contributed by atoms with Crippen molar-refractivity contribution in [3.63, 3.8) is 0 Å². The van der Waals surface area contributed by atoms with E-state index in [-0.39, 0.29) is 0 Å². The van der Waals surface area contributed by atoms with E-state index in [1.807, 2.05) is 7.05 Å². The third kappa shape index (κ3) is 3.86. The van der Waals surface area contributed by atoms with Gasteiger partial charge in [-0.2, -0.15) is 0 Å². The Hall–Kier alpha value is -1.32. The van der Waals surface area contributed by atoms with Crippen molar-refractivity contribution in [2.45, 2.75) is 59.8 Å². The van der Waals surface area contributed by atoms with Crippen LogP contribution < -0.4 is 10.2 Å². The van der Waals surface area contributed by atoms with Crippen molar-refractivity contribution in [1.82, 2.24) is 9.97 Å². The molecule has 1 aliphatic heterocycles. The minimum Gasteiger partial charge on any atom is -0.373 e. The highest BCUT2D eigenvalue weighted by Gasteiger charge is 2.25. The molecule has 118 valence electrons. The van der Waals surface area contributed by atoms with Gasteiger partial charge in [0.25, 0.3) is 0 Å². The summed E-state index contributed by atoms with van der Waals surface area (Å²) in [6.45, 7) is 11.3. The number of aryl methyl sites for hydroxylation is 1. The Labute approximate surface area is 129 Å². The van der Waals surface area contributed by atoms with Crippen LogP contribution in [0.4, 0.5) is 11.6 Å². The van der Waals surface area contributed by atoms with Gasteiger partial charge in [0.2, 0.25) is 0 Å². The molecule has 2 rings (SSSR count). The lowest BCUT2D eigenvalue weighted by Crippen LogP contribution is -2.27. The molecule has 0 unspecified atom stereocenters. The molecule has 0 amide bonds. The molecule has 2 heterocycles. The van der Waals surface area contributed by atoms with Crippen LogP contribution in [0.15, 0.2) is 0 Å². The van der Waals surface area contributed by atoms with Crippen LogP contribution in [0.3, 0.4) is 0 Å². The van der Waals surface area contributed by atoms with Crippen molar-refractivity contribution in [1.29, 1.82) is 0 Å². The molecule has 0 spiro atoms. The van der Waals surface area contributed by atoms with Crippen LogP contribution in [0.5, 0.6) is 0 Å². The van der Waals surface area contributed by atoms with E-state index in [0.29, 0.717) is 5.41 Å². The van der Waals surface area contributed by atoms with Crippen molar-refractivity contribution < 1.29 is 0 Å². The molecule has 0 atom stereocenters. The Balaban J connectivity index is 2.31. The van der Waals surface area contributed by atoms with E-state index < -0.39 is 0 Å². The predicted molar refractivity (Wildman–Crippen MR) is 90.2 cm³/mol. The van der Waals surface area contributed by atoms with Gasteiger partial charge in [0, 0.05) is 32.1 Å². The molecule has 0 radical (unpaired) electrons. The first-order chi connectivity index (χ1) is 9.96. The Morgan fingerprint density at radius 3 is 2.62 bits per heavy atom. The van der Waals surface area contributed by atoms with Crippen LogP contribution in [0.1, 0.15) is 57.8 Å². The fourth-order valence-electron chi connectivity index (χ4n) is 3.07. The van der Waals surface area contributed by atoms with Gasteiger partial charge in [-0.25, -0.2) is 9.97 Å². The van der Waals surface area contributed by atoms with Crippen molar-refractivity contribution in [3.05, 3.63) is 11.4 Å². The summed E-state index contributed by atoms with van der Waals surface area (Å²) in [6, 6.07) is 0. The van der Waals surface area contributed by atoms with Crippen LogP contribution in [-0.4, -0.2) is 30.1 Å². The average molecular weight is 290 g/mol. The molecular weight excluding hydrogens is 260 g/mol. The Morgan fingerprint density at radius 2 is 1.95 bits per heavy atom. The second-order valence-electron chi connectivity index (χ2n) is 6.94. The van der Waals surface area contributed by atoms with Gasteiger partial charge in [0.05, 0.1) is 0 Å². The lowest BCUT2D eigenvalue weighted by Gasteiger charge is -2.26. The molecule has 1 N–H and O–H groups in total. The van der Waals surface area contributed by atoms with Crippen molar-refractivity contribution >= 4 is 11.6 Å². The third-order valence-corrected chi connectivity index (χ3v) is 4.52. The molecule has 1 aromatic rings. The number of nitrogens with zero attached hydrogens (tertiary/aromatic N) is 3. The average Bonchev–Trinajstić information content (AvgIpc) is 2.62. The number of anilines is 2. The predicted octanol–water partition coefficient (Wildman–Crippen LogP) is 3.80. The number of aromatic nitrogens is 2. The van der Waals surface area contributed by atoms with Crippen molar-refractivity contribution in [2.75, 3.05) is 30.4 Å². The van der Waals surface area contributed by atoms with Crippen LogP contribution in [0.2, 0.25) is 0 Å². The number of hydrogen-bond donors (Lipinski definition) is 1. The zero-order valence-electron chi connectivity index (χ0n) is 14.3. The molecule has 0 aromatic carbocycles. The van der Waals surface area contributed by atoms with E-state index in [9.17, 15) is 0 Å². The Kier molecular flexibility index (Phi) is 5.07. The molecule has 1 aliphatic rings. The molecular formula is C17H30N4. The second-order valence-corrected chi connectivity index (χ2v) is 6.94. The van der Waals surface area contributed by atoms with E-state index in [1.165, 1.54) is 24.8 Å². The monoisotopic (exact) mass is 290 g/mol. The van der Waals surface area contributed by atoms with Gasteiger partial charge in [0.1, 0.15) is 17.5 Å². The minimum absolute atomic E-state index is 0.452. The first kappa shape index (κ1) is 16.1. The maximum Gasteiger partial charge on any atom is 0.137 e. The fraction of sp³-hybridized carbons (Fsp3) is 0.765. The fourth-order valence-corrected chi connectivity index (χ4v) is 3.07. The summed E-state index contributed by atoms with van der Waals surface area (Å²) in [7, 11) is 1.94. The summed E-state index contributed by atoms with van der Waals surface area (Å²) in [4.78, 5) is 12.0. The number of rotatable bonds is 4. The van der Waals surface area contributed by atoms with Crippen molar-refractivity contribution in [3.8, 4) is 0 Å². The summed E-state index contributed by atoms with van der Waals surface area (Å²) in [6.07, 6.45) is 5.80. The second kappa shape index (κ2) is 6.63. The normalized spacial score (nSPS) is 18.4. The van der Waals surface area contributed by atoms with E-state index in [1.54, 1.807) is 0 Å². The maximum atomic E-state index is 4.86. The summed E-state index contributed by atoms with van der Waals surface area (Å²) in [5, 5.41) is 3.23. The lowest BCUT2D eigenvalue weighted by molar-refractivity contribution is 0.325. The van der Waals surface area contributed by atoms with Gasteiger partial charge in [-0.15, -0.1) is 0 Å². The van der Waals surface area contributed by atoms with Crippen LogP contribution >= 0.6 is 0 Å². The van der Waals surface area contributed by atoms with Crippen LogP contribution in [0.25, 0.3) is 0 Å². The zero-order valence-corrected chi connectivity index (χ0v) is 14.3. The standard InChI is InChI=1S/C17H30N4/c1-6-8-14-19-15(18-5)13(2)16(20-14)21-11-7-9-17(3,4)10-12-21/h6-12H2,1-5H3,(H,18,19,20). The summed E-state index contributed by atoms with van der Waals surface area (Å²) >= 11 is 0. The Bertz CT molecular complexity index is 482. The highest BCUT2D eigenvalue weighted by atomic mass is 15.2. The van der Waals surface area contributed by atoms with E-state index in [0.717, 1.165) is 43.4 Å². The van der Waals surface area contributed by atoms with E-state index >= 15 is 0 Å². The maximum absolute atomic E-state index is 4.86. The summed E-state index contributed by atoms with van der Waals surface area (Å²) < 4.78 is 0. The largest absolute Gasteiger partial charge is 0.373 e. The zero-order chi connectivity index (χ0) is 15.5. The molecule has 0 saturated carbocycles. The van der Waals surface area contributed by atoms with E-state index in [2.05, 4.69) is 42.9 Å². The molecule has 0 bridgehead atoms. The van der Waals surface area contributed by atoms with Gasteiger partial charge < -0.3 is 10.2 Å². The lowest BCUT2D eigenvalue weighted by atomic mass is 9.85. The minimum atomic E-state index is 0.452. The smallest absolute Gasteiger partial charge is 0.137 e. The summed E-state index contributed by atoms with van der Waals surface area (Å²) in [5.41, 5.74) is 1.63. The molecule has 0 aliphatic carbocycles. The Morgan fingerprint density at radius 1 is 1.19 bits per heavy atom. The van der Waals surface area contributed by atoms with Gasteiger partial charge in [-0.3, -0.25) is 0 Å². The van der Waals surface area contributed by atoms with Gasteiger partial charge in [-0.05, 0) is 38.0 Å². The molecule has 1 saturated heterocycles. The number of hydrogen-bond acceptors (Lipinski definition) is 4. The van der Waals surface area contributed by atoms with Gasteiger partial charge in [0.15, 0.2) is 0 Å². The van der Waals surface area contributed by atoms with Crippen LogP contribution in [-0.2, 0) is 6.42 Å².